The number of para-hydroxylation sites is 1. The van der Waals surface area contributed by atoms with Crippen LogP contribution in [-0.2, 0) is 27.8 Å². The molecule has 1 aromatic carbocycles. The van der Waals surface area contributed by atoms with Gasteiger partial charge in [-0.2, -0.15) is 4.31 Å². The lowest BCUT2D eigenvalue weighted by atomic mass is 9.98. The topological polar surface area (TPSA) is 84.3 Å². The first kappa shape index (κ1) is 19.6. The molecule has 1 fully saturated rings. The molecule has 1 atom stereocenters. The van der Waals surface area contributed by atoms with E-state index in [0.29, 0.717) is 25.9 Å². The van der Waals surface area contributed by atoms with Crippen LogP contribution in [0.15, 0.2) is 41.8 Å². The van der Waals surface area contributed by atoms with Gasteiger partial charge in [-0.15, -0.1) is 0 Å². The van der Waals surface area contributed by atoms with E-state index in [1.54, 1.807) is 4.57 Å². The molecule has 2 heterocycles. The van der Waals surface area contributed by atoms with Gasteiger partial charge in [0.1, 0.15) is 0 Å². The Balaban J connectivity index is 1.72. The van der Waals surface area contributed by atoms with Crippen molar-refractivity contribution in [2.24, 2.45) is 5.92 Å². The Morgan fingerprint density at radius 2 is 2.07 bits per heavy atom. The van der Waals surface area contributed by atoms with E-state index in [1.165, 1.54) is 16.8 Å². The molecule has 0 spiro atoms. The van der Waals surface area contributed by atoms with Gasteiger partial charge in [0, 0.05) is 31.5 Å². The second kappa shape index (κ2) is 8.22. The van der Waals surface area contributed by atoms with Crippen LogP contribution in [0, 0.1) is 5.92 Å². The van der Waals surface area contributed by atoms with Crippen molar-refractivity contribution in [1.82, 2.24) is 13.9 Å². The summed E-state index contributed by atoms with van der Waals surface area (Å²) in [5.74, 6) is -0.499. The number of carbonyl (C=O) groups is 1. The van der Waals surface area contributed by atoms with Gasteiger partial charge in [-0.3, -0.25) is 4.79 Å². The van der Waals surface area contributed by atoms with E-state index in [1.807, 2.05) is 38.1 Å². The molecule has 0 bridgehead atoms. The van der Waals surface area contributed by atoms with E-state index in [-0.39, 0.29) is 23.4 Å². The summed E-state index contributed by atoms with van der Waals surface area (Å²) in [6.45, 7) is 5.21. The van der Waals surface area contributed by atoms with Crippen molar-refractivity contribution in [2.75, 3.05) is 18.4 Å². The number of rotatable bonds is 6. The van der Waals surface area contributed by atoms with Gasteiger partial charge in [0.15, 0.2) is 5.03 Å². The first-order valence-electron chi connectivity index (χ1n) is 9.36. The summed E-state index contributed by atoms with van der Waals surface area (Å²) >= 11 is 0. The van der Waals surface area contributed by atoms with Gasteiger partial charge < -0.3 is 9.88 Å². The summed E-state index contributed by atoms with van der Waals surface area (Å²) in [6.07, 6.45) is 5.21. The lowest BCUT2D eigenvalue weighted by Gasteiger charge is -2.30. The van der Waals surface area contributed by atoms with E-state index >= 15 is 0 Å². The van der Waals surface area contributed by atoms with E-state index < -0.39 is 10.0 Å². The predicted octanol–water partition coefficient (Wildman–Crippen LogP) is 2.50. The molecule has 1 saturated heterocycles. The lowest BCUT2D eigenvalue weighted by molar-refractivity contribution is -0.120. The van der Waals surface area contributed by atoms with Gasteiger partial charge >= 0.3 is 0 Å². The maximum absolute atomic E-state index is 12.9. The van der Waals surface area contributed by atoms with E-state index in [2.05, 4.69) is 10.3 Å². The minimum atomic E-state index is -3.68. The van der Waals surface area contributed by atoms with Crippen LogP contribution in [0.2, 0.25) is 0 Å². The fourth-order valence-electron chi connectivity index (χ4n) is 3.34. The summed E-state index contributed by atoms with van der Waals surface area (Å²) in [6, 6.07) is 7.69. The van der Waals surface area contributed by atoms with Gasteiger partial charge in [-0.1, -0.05) is 25.1 Å². The molecule has 3 rings (SSSR count). The molecule has 1 aromatic heterocycles. The quantitative estimate of drug-likeness (QED) is 0.821. The number of imidazole rings is 1. The lowest BCUT2D eigenvalue weighted by Crippen LogP contribution is -2.43. The molecule has 1 amide bonds. The van der Waals surface area contributed by atoms with E-state index in [4.69, 9.17) is 0 Å². The molecule has 1 N–H and O–H groups in total. The third-order valence-corrected chi connectivity index (χ3v) is 6.74. The third-order valence-electron chi connectivity index (χ3n) is 4.99. The highest BCUT2D eigenvalue weighted by Crippen LogP contribution is 2.25. The van der Waals surface area contributed by atoms with Crippen LogP contribution in [0.4, 0.5) is 5.69 Å². The number of hydrogen-bond donors (Lipinski definition) is 1. The third kappa shape index (κ3) is 4.22. The Hall–Kier alpha value is -2.19. The Morgan fingerprint density at radius 1 is 1.30 bits per heavy atom. The SMILES string of the molecule is CCc1ccccc1NC(=O)[C@H]1CCCN(S(=O)(=O)c2cn(CC)cn2)C1. The van der Waals surface area contributed by atoms with Crippen molar-refractivity contribution in [2.45, 2.75) is 44.7 Å². The number of aryl methyl sites for hydroxylation is 2. The van der Waals surface area contributed by atoms with Gasteiger partial charge in [0.05, 0.1) is 12.2 Å². The molecular weight excluding hydrogens is 364 g/mol. The first-order chi connectivity index (χ1) is 13.0. The largest absolute Gasteiger partial charge is 0.336 e. The number of nitrogens with one attached hydrogen (secondary N) is 1. The number of aromatic nitrogens is 2. The minimum absolute atomic E-state index is 0.0433. The molecule has 7 nitrogen and oxygen atoms in total. The van der Waals surface area contributed by atoms with Crippen molar-refractivity contribution < 1.29 is 13.2 Å². The Kier molecular flexibility index (Phi) is 5.96. The summed E-state index contributed by atoms with van der Waals surface area (Å²) in [4.78, 5) is 16.8. The number of benzene rings is 1. The van der Waals surface area contributed by atoms with Crippen molar-refractivity contribution in [1.29, 1.82) is 0 Å². The fourth-order valence-corrected chi connectivity index (χ4v) is 4.80. The van der Waals surface area contributed by atoms with Crippen LogP contribution in [0.25, 0.3) is 0 Å². The number of amides is 1. The van der Waals surface area contributed by atoms with Gasteiger partial charge in [0.2, 0.25) is 5.91 Å². The van der Waals surface area contributed by atoms with Crippen LogP contribution in [0.5, 0.6) is 0 Å². The van der Waals surface area contributed by atoms with Crippen molar-refractivity contribution >= 4 is 21.6 Å². The standard InChI is InChI=1S/C19H26N4O3S/c1-3-15-8-5-6-10-17(15)21-19(24)16-9-7-11-23(12-16)27(25,26)18-13-22(4-2)14-20-18/h5-6,8,10,13-14,16H,3-4,7,9,11-12H2,1-2H3,(H,21,24)/t16-/m0/s1. The molecule has 0 aliphatic carbocycles. The van der Waals surface area contributed by atoms with Crippen LogP contribution in [0.1, 0.15) is 32.3 Å². The van der Waals surface area contributed by atoms with Crippen molar-refractivity contribution in [3.63, 3.8) is 0 Å². The van der Waals surface area contributed by atoms with Crippen molar-refractivity contribution in [3.8, 4) is 0 Å². The molecule has 2 aromatic rings. The Morgan fingerprint density at radius 3 is 2.78 bits per heavy atom. The fraction of sp³-hybridized carbons (Fsp3) is 0.474. The van der Waals surface area contributed by atoms with Gasteiger partial charge in [0.25, 0.3) is 10.0 Å². The summed E-state index contributed by atoms with van der Waals surface area (Å²) in [7, 11) is -3.68. The second-order valence-electron chi connectivity index (χ2n) is 6.74. The first-order valence-corrected chi connectivity index (χ1v) is 10.8. The predicted molar refractivity (Wildman–Crippen MR) is 104 cm³/mol. The van der Waals surface area contributed by atoms with Gasteiger partial charge in [-0.05, 0) is 37.8 Å². The molecule has 8 heteroatoms. The molecule has 0 unspecified atom stereocenters. The smallest absolute Gasteiger partial charge is 0.262 e. The number of piperidine rings is 1. The number of nitrogens with zero attached hydrogens (tertiary/aromatic N) is 3. The van der Waals surface area contributed by atoms with Crippen molar-refractivity contribution in [3.05, 3.63) is 42.4 Å². The zero-order chi connectivity index (χ0) is 19.4. The summed E-state index contributed by atoms with van der Waals surface area (Å²) in [5.41, 5.74) is 1.86. The molecule has 0 saturated carbocycles. The molecule has 0 radical (unpaired) electrons. The molecular formula is C19H26N4O3S. The van der Waals surface area contributed by atoms with Crippen LogP contribution >= 0.6 is 0 Å². The number of carbonyl (C=O) groups excluding carboxylic acids is 1. The average molecular weight is 391 g/mol. The highest BCUT2D eigenvalue weighted by molar-refractivity contribution is 7.89. The van der Waals surface area contributed by atoms with Gasteiger partial charge in [-0.25, -0.2) is 13.4 Å². The normalized spacial score (nSPS) is 18.4. The number of sulfonamides is 1. The van der Waals surface area contributed by atoms with Crippen LogP contribution < -0.4 is 5.32 Å². The van der Waals surface area contributed by atoms with E-state index in [0.717, 1.165) is 17.7 Å². The van der Waals surface area contributed by atoms with E-state index in [9.17, 15) is 13.2 Å². The summed E-state index contributed by atoms with van der Waals surface area (Å²) in [5, 5.41) is 3.02. The average Bonchev–Trinajstić information content (AvgIpc) is 3.18. The van der Waals surface area contributed by atoms with Crippen LogP contribution in [0.3, 0.4) is 0 Å². The maximum atomic E-state index is 12.9. The Bertz CT molecular complexity index is 907. The second-order valence-corrected chi connectivity index (χ2v) is 8.63. The highest BCUT2D eigenvalue weighted by atomic mass is 32.2. The summed E-state index contributed by atoms with van der Waals surface area (Å²) < 4.78 is 28.8. The maximum Gasteiger partial charge on any atom is 0.262 e. The Labute approximate surface area is 160 Å². The number of hydrogen-bond acceptors (Lipinski definition) is 4. The highest BCUT2D eigenvalue weighted by Gasteiger charge is 2.34. The molecule has 146 valence electrons. The molecule has 1 aliphatic rings. The zero-order valence-electron chi connectivity index (χ0n) is 15.8. The zero-order valence-corrected chi connectivity index (χ0v) is 16.6. The molecule has 27 heavy (non-hydrogen) atoms. The van der Waals surface area contributed by atoms with Crippen LogP contribution in [-0.4, -0.2) is 41.3 Å². The minimum Gasteiger partial charge on any atom is -0.336 e. The monoisotopic (exact) mass is 390 g/mol. The number of anilines is 1. The molecule has 1 aliphatic heterocycles.